The third-order valence-electron chi connectivity index (χ3n) is 8.18. The van der Waals surface area contributed by atoms with E-state index in [-0.39, 0.29) is 23.5 Å². The number of hydrogen-bond acceptors (Lipinski definition) is 5. The van der Waals surface area contributed by atoms with E-state index in [1.165, 1.54) is 6.92 Å². The van der Waals surface area contributed by atoms with Crippen molar-refractivity contribution in [2.45, 2.75) is 95.8 Å². The molecular formula is C29H33F9N4O2. The second-order valence-electron chi connectivity index (χ2n) is 11.1. The molecule has 15 heteroatoms. The number of ether oxygens (including phenoxy) is 1. The summed E-state index contributed by atoms with van der Waals surface area (Å²) in [7, 11) is 0. The Labute approximate surface area is 248 Å². The molecule has 1 N–H and O–H groups in total. The first-order valence-corrected chi connectivity index (χ1v) is 14.3. The number of benzene rings is 1. The van der Waals surface area contributed by atoms with E-state index in [9.17, 15) is 44.3 Å². The van der Waals surface area contributed by atoms with Crippen LogP contribution in [0, 0.1) is 0 Å². The number of carbonyl (C=O) groups excluding carboxylic acids is 1. The molecule has 2 atom stereocenters. The van der Waals surface area contributed by atoms with Crippen LogP contribution in [-0.4, -0.2) is 47.2 Å². The van der Waals surface area contributed by atoms with E-state index >= 15 is 0 Å². The molecule has 4 rings (SSSR count). The average molecular weight is 641 g/mol. The molecule has 2 unspecified atom stereocenters. The van der Waals surface area contributed by atoms with E-state index in [0.29, 0.717) is 30.9 Å². The van der Waals surface area contributed by atoms with E-state index in [2.05, 4.69) is 10.3 Å². The highest BCUT2D eigenvalue weighted by Gasteiger charge is 2.44. The first-order chi connectivity index (χ1) is 20.4. The van der Waals surface area contributed by atoms with Gasteiger partial charge < -0.3 is 15.0 Å². The van der Waals surface area contributed by atoms with Crippen LogP contribution in [0.5, 0.6) is 0 Å². The second-order valence-corrected chi connectivity index (χ2v) is 11.1. The lowest BCUT2D eigenvalue weighted by Gasteiger charge is -2.38. The zero-order chi connectivity index (χ0) is 32.6. The molecular weight excluding hydrogens is 607 g/mol. The van der Waals surface area contributed by atoms with E-state index in [4.69, 9.17) is 4.74 Å². The number of nitrogens with one attached hydrogen (secondary N) is 1. The first kappa shape index (κ1) is 33.7. The summed E-state index contributed by atoms with van der Waals surface area (Å²) >= 11 is 0. The summed E-state index contributed by atoms with van der Waals surface area (Å²) in [5.41, 5.74) is -4.72. The van der Waals surface area contributed by atoms with Crippen molar-refractivity contribution >= 4 is 11.9 Å². The minimum Gasteiger partial charge on any atom is -0.439 e. The monoisotopic (exact) mass is 640 g/mol. The number of hydrogen-bond donors (Lipinski definition) is 1. The Bertz CT molecular complexity index is 1290. The van der Waals surface area contributed by atoms with Crippen molar-refractivity contribution in [2.75, 3.05) is 18.0 Å². The number of pyridine rings is 1. The standard InChI is InChI=1S/C29H33F9N4O2/c1-4-39-22-6-8-23(9-7-22)41(5-2)25-18(12-21(14-40-25)29(36,37)38)15-42-16(3)24(44-26(42)43)17-10-19(27(30,31)32)13-20(11-17)28(33,34)35/h10-14,16,22-24,39H,4-9,15H2,1-3H3. The summed E-state index contributed by atoms with van der Waals surface area (Å²) in [5.74, 6) is 0.217. The van der Waals surface area contributed by atoms with Crippen molar-refractivity contribution in [3.63, 3.8) is 0 Å². The van der Waals surface area contributed by atoms with Crippen LogP contribution in [-0.2, 0) is 29.8 Å². The van der Waals surface area contributed by atoms with Crippen molar-refractivity contribution in [3.8, 4) is 0 Å². The van der Waals surface area contributed by atoms with Crippen LogP contribution < -0.4 is 10.2 Å². The third kappa shape index (κ3) is 7.35. The summed E-state index contributed by atoms with van der Waals surface area (Å²) in [6.45, 7) is 5.92. The first-order valence-electron chi connectivity index (χ1n) is 14.3. The van der Waals surface area contributed by atoms with E-state index in [1.54, 1.807) is 0 Å². The Morgan fingerprint density at radius 2 is 1.45 bits per heavy atom. The van der Waals surface area contributed by atoms with Gasteiger partial charge in [-0.3, -0.25) is 4.90 Å². The predicted octanol–water partition coefficient (Wildman–Crippen LogP) is 7.97. The summed E-state index contributed by atoms with van der Waals surface area (Å²) < 4.78 is 127. The van der Waals surface area contributed by atoms with Crippen molar-refractivity contribution in [1.29, 1.82) is 0 Å². The lowest BCUT2D eigenvalue weighted by molar-refractivity contribution is -0.143. The van der Waals surface area contributed by atoms with Gasteiger partial charge in [0.2, 0.25) is 0 Å². The predicted molar refractivity (Wildman–Crippen MR) is 143 cm³/mol. The Morgan fingerprint density at radius 3 is 1.95 bits per heavy atom. The third-order valence-corrected chi connectivity index (χ3v) is 8.18. The second kappa shape index (κ2) is 12.6. The van der Waals surface area contributed by atoms with Gasteiger partial charge in [-0.25, -0.2) is 9.78 Å². The van der Waals surface area contributed by atoms with Gasteiger partial charge in [-0.15, -0.1) is 0 Å². The lowest BCUT2D eigenvalue weighted by atomic mass is 9.90. The molecule has 6 nitrogen and oxygen atoms in total. The molecule has 2 aliphatic rings. The number of amides is 1. The molecule has 1 saturated carbocycles. The van der Waals surface area contributed by atoms with Crippen molar-refractivity contribution in [1.82, 2.24) is 15.2 Å². The number of halogens is 9. The molecule has 1 aliphatic heterocycles. The fraction of sp³-hybridized carbons (Fsp3) is 0.586. The summed E-state index contributed by atoms with van der Waals surface area (Å²) in [6.07, 6.45) is -13.7. The van der Waals surface area contributed by atoms with Gasteiger partial charge in [-0.05, 0) is 75.9 Å². The van der Waals surface area contributed by atoms with Crippen LogP contribution in [0.15, 0.2) is 30.5 Å². The minimum absolute atomic E-state index is 0.0277. The molecule has 0 bridgehead atoms. The number of rotatable bonds is 8. The molecule has 2 fully saturated rings. The summed E-state index contributed by atoms with van der Waals surface area (Å²) in [5, 5.41) is 3.39. The van der Waals surface area contributed by atoms with Crippen LogP contribution in [0.3, 0.4) is 0 Å². The number of cyclic esters (lactones) is 1. The maximum absolute atomic E-state index is 13.7. The Balaban J connectivity index is 1.68. The normalized spacial score (nSPS) is 23.2. The fourth-order valence-electron chi connectivity index (χ4n) is 5.98. The molecule has 0 spiro atoms. The Morgan fingerprint density at radius 1 is 0.886 bits per heavy atom. The molecule has 0 radical (unpaired) electrons. The molecule has 2 heterocycles. The van der Waals surface area contributed by atoms with E-state index < -0.39 is 65.6 Å². The van der Waals surface area contributed by atoms with Gasteiger partial charge in [0.15, 0.2) is 0 Å². The number of aromatic nitrogens is 1. The number of alkyl halides is 9. The summed E-state index contributed by atoms with van der Waals surface area (Å²) in [4.78, 5) is 20.0. The van der Waals surface area contributed by atoms with Gasteiger partial charge in [0.05, 0.1) is 29.3 Å². The molecule has 1 saturated heterocycles. The number of anilines is 1. The molecule has 1 aliphatic carbocycles. The fourth-order valence-corrected chi connectivity index (χ4v) is 5.98. The average Bonchev–Trinajstić information content (AvgIpc) is 3.22. The molecule has 1 aromatic carbocycles. The van der Waals surface area contributed by atoms with Gasteiger partial charge in [0.1, 0.15) is 11.9 Å². The Kier molecular flexibility index (Phi) is 9.67. The van der Waals surface area contributed by atoms with Crippen LogP contribution in [0.2, 0.25) is 0 Å². The zero-order valence-corrected chi connectivity index (χ0v) is 24.2. The van der Waals surface area contributed by atoms with Gasteiger partial charge in [-0.1, -0.05) is 6.92 Å². The van der Waals surface area contributed by atoms with Crippen LogP contribution >= 0.6 is 0 Å². The minimum atomic E-state index is -5.12. The van der Waals surface area contributed by atoms with Crippen molar-refractivity contribution in [3.05, 3.63) is 58.3 Å². The largest absolute Gasteiger partial charge is 0.439 e. The quantitative estimate of drug-likeness (QED) is 0.297. The van der Waals surface area contributed by atoms with Gasteiger partial charge >= 0.3 is 24.6 Å². The highest BCUT2D eigenvalue weighted by atomic mass is 19.4. The van der Waals surface area contributed by atoms with E-state index in [0.717, 1.165) is 43.2 Å². The summed E-state index contributed by atoms with van der Waals surface area (Å²) in [6, 6.07) is 0.948. The Hall–Kier alpha value is -3.23. The van der Waals surface area contributed by atoms with Crippen LogP contribution in [0.25, 0.3) is 0 Å². The van der Waals surface area contributed by atoms with Crippen molar-refractivity contribution < 1.29 is 49.0 Å². The molecule has 1 aromatic heterocycles. The van der Waals surface area contributed by atoms with E-state index in [1.807, 2.05) is 18.7 Å². The molecule has 244 valence electrons. The van der Waals surface area contributed by atoms with Gasteiger partial charge in [0.25, 0.3) is 0 Å². The van der Waals surface area contributed by atoms with Crippen LogP contribution in [0.1, 0.15) is 80.4 Å². The molecule has 44 heavy (non-hydrogen) atoms. The maximum atomic E-state index is 13.7. The smallest absolute Gasteiger partial charge is 0.417 e. The van der Waals surface area contributed by atoms with Crippen molar-refractivity contribution in [2.24, 2.45) is 0 Å². The highest BCUT2D eigenvalue weighted by molar-refractivity contribution is 5.71. The van der Waals surface area contributed by atoms with Gasteiger partial charge in [-0.2, -0.15) is 39.5 Å². The number of carbonyl (C=O) groups is 1. The highest BCUT2D eigenvalue weighted by Crippen LogP contribution is 2.42. The van der Waals surface area contributed by atoms with Crippen LogP contribution in [0.4, 0.5) is 50.1 Å². The SMILES string of the molecule is CCNC1CCC(N(CC)c2ncc(C(F)(F)F)cc2CN2C(=O)OC(c3cc(C(F)(F)F)cc(C(F)(F)F)c3)C2C)CC1. The molecule has 2 aromatic rings. The molecule has 1 amide bonds. The maximum Gasteiger partial charge on any atom is 0.417 e. The zero-order valence-electron chi connectivity index (χ0n) is 24.2. The lowest BCUT2D eigenvalue weighted by Crippen LogP contribution is -2.43. The number of nitrogens with zero attached hydrogens (tertiary/aromatic N) is 3. The van der Waals surface area contributed by atoms with Gasteiger partial charge in [0, 0.05) is 30.4 Å². The topological polar surface area (TPSA) is 57.7 Å².